The molecule has 11 heteroatoms. The summed E-state index contributed by atoms with van der Waals surface area (Å²) in [7, 11) is 0. The molecule has 2 heterocycles. The van der Waals surface area contributed by atoms with Gasteiger partial charge in [0.1, 0.15) is 5.02 Å². The highest BCUT2D eigenvalue weighted by atomic mass is 35.5. The third kappa shape index (κ3) is 4.07. The highest BCUT2D eigenvalue weighted by Crippen LogP contribution is 2.41. The number of aromatic nitrogens is 3. The van der Waals surface area contributed by atoms with E-state index in [1.807, 2.05) is 0 Å². The molecule has 1 aromatic carbocycles. The van der Waals surface area contributed by atoms with Crippen LogP contribution in [-0.2, 0) is 4.79 Å². The number of benzene rings is 1. The van der Waals surface area contributed by atoms with Crippen LogP contribution in [0.1, 0.15) is 31.7 Å². The predicted octanol–water partition coefficient (Wildman–Crippen LogP) is 3.51. The van der Waals surface area contributed by atoms with Crippen LogP contribution >= 0.6 is 23.4 Å². The van der Waals surface area contributed by atoms with E-state index in [1.54, 1.807) is 0 Å². The van der Waals surface area contributed by atoms with Gasteiger partial charge in [0.15, 0.2) is 5.16 Å². The Morgan fingerprint density at radius 3 is 2.75 bits per heavy atom. The number of halogens is 1. The molecular formula is C17H19ClN6O3S. The molecule has 2 fully saturated rings. The monoisotopic (exact) mass is 422 g/mol. The fourth-order valence-corrected chi connectivity index (χ4v) is 4.20. The molecule has 1 N–H and O–H groups in total. The van der Waals surface area contributed by atoms with Crippen molar-refractivity contribution in [1.82, 2.24) is 14.8 Å². The largest absolute Gasteiger partial charge is 0.341 e. The van der Waals surface area contributed by atoms with Gasteiger partial charge in [0.05, 0.1) is 10.7 Å². The lowest BCUT2D eigenvalue weighted by atomic mass is 10.3. The number of hydrogen-bond acceptors (Lipinski definition) is 7. The van der Waals surface area contributed by atoms with Gasteiger partial charge in [-0.05, 0) is 37.8 Å². The Morgan fingerprint density at radius 1 is 1.32 bits per heavy atom. The Kier molecular flexibility index (Phi) is 5.40. The first-order valence-electron chi connectivity index (χ1n) is 9.09. The zero-order valence-corrected chi connectivity index (χ0v) is 16.6. The van der Waals surface area contributed by atoms with Crippen molar-refractivity contribution >= 4 is 46.6 Å². The average Bonchev–Trinajstić information content (AvgIpc) is 3.18. The van der Waals surface area contributed by atoms with Crippen molar-refractivity contribution < 1.29 is 9.72 Å². The van der Waals surface area contributed by atoms with E-state index >= 15 is 0 Å². The number of thioether (sulfide) groups is 1. The van der Waals surface area contributed by atoms with Crippen LogP contribution in [0.5, 0.6) is 0 Å². The minimum atomic E-state index is -0.579. The molecule has 0 spiro atoms. The number of rotatable bonds is 7. The maximum atomic E-state index is 12.3. The number of nitro groups is 1. The summed E-state index contributed by atoms with van der Waals surface area (Å²) in [5.41, 5.74) is 0.0963. The molecular weight excluding hydrogens is 404 g/mol. The van der Waals surface area contributed by atoms with Gasteiger partial charge in [0.25, 0.3) is 5.69 Å². The minimum Gasteiger partial charge on any atom is -0.341 e. The molecule has 28 heavy (non-hydrogen) atoms. The van der Waals surface area contributed by atoms with Crippen LogP contribution in [0.2, 0.25) is 5.02 Å². The second kappa shape index (κ2) is 7.96. The molecule has 2 aromatic rings. The van der Waals surface area contributed by atoms with Crippen LogP contribution in [0.3, 0.4) is 0 Å². The van der Waals surface area contributed by atoms with Crippen molar-refractivity contribution in [3.8, 4) is 0 Å². The van der Waals surface area contributed by atoms with Gasteiger partial charge in [-0.25, -0.2) is 0 Å². The molecule has 0 atom stereocenters. The number of nitrogens with one attached hydrogen (secondary N) is 1. The Labute approximate surface area is 170 Å². The number of carbonyl (C=O) groups excluding carboxylic acids is 1. The maximum absolute atomic E-state index is 12.3. The van der Waals surface area contributed by atoms with Gasteiger partial charge in [-0.1, -0.05) is 23.4 Å². The second-order valence-electron chi connectivity index (χ2n) is 6.84. The zero-order chi connectivity index (χ0) is 19.7. The molecule has 9 nitrogen and oxygen atoms in total. The number of carbonyl (C=O) groups is 1. The van der Waals surface area contributed by atoms with E-state index in [4.69, 9.17) is 11.6 Å². The fourth-order valence-electron chi connectivity index (χ4n) is 3.21. The SMILES string of the molecule is O=C(CSc1nnc(N2CCCC2)n1C1CC1)Nc1ccc(Cl)c([N+](=O)[O-])c1. The Balaban J connectivity index is 1.41. The molecule has 0 unspecified atom stereocenters. The van der Waals surface area contributed by atoms with Crippen molar-refractivity contribution in [3.63, 3.8) is 0 Å². The summed E-state index contributed by atoms with van der Waals surface area (Å²) < 4.78 is 2.15. The lowest BCUT2D eigenvalue weighted by molar-refractivity contribution is -0.384. The molecule has 1 aliphatic carbocycles. The third-order valence-electron chi connectivity index (χ3n) is 4.71. The Hall–Kier alpha value is -2.33. The molecule has 2 aliphatic rings. The van der Waals surface area contributed by atoms with Crippen LogP contribution in [0, 0.1) is 10.1 Å². The van der Waals surface area contributed by atoms with E-state index in [0.29, 0.717) is 11.7 Å². The quantitative estimate of drug-likeness (QED) is 0.413. The third-order valence-corrected chi connectivity index (χ3v) is 5.97. The van der Waals surface area contributed by atoms with Crippen LogP contribution in [0.4, 0.5) is 17.3 Å². The zero-order valence-electron chi connectivity index (χ0n) is 15.0. The summed E-state index contributed by atoms with van der Waals surface area (Å²) in [5, 5.41) is 23.1. The minimum absolute atomic E-state index is 0.0318. The van der Waals surface area contributed by atoms with E-state index in [0.717, 1.165) is 49.9 Å². The Bertz CT molecular complexity index is 910. The van der Waals surface area contributed by atoms with Crippen molar-refractivity contribution in [1.29, 1.82) is 0 Å². The fraction of sp³-hybridized carbons (Fsp3) is 0.471. The van der Waals surface area contributed by atoms with Gasteiger partial charge >= 0.3 is 0 Å². The average molecular weight is 423 g/mol. The summed E-state index contributed by atoms with van der Waals surface area (Å²) in [6.45, 7) is 1.98. The van der Waals surface area contributed by atoms with Gasteiger partial charge < -0.3 is 10.2 Å². The van der Waals surface area contributed by atoms with Crippen molar-refractivity contribution in [3.05, 3.63) is 33.3 Å². The topological polar surface area (TPSA) is 106 Å². The number of hydrogen-bond donors (Lipinski definition) is 1. The molecule has 4 rings (SSSR count). The van der Waals surface area contributed by atoms with Crippen molar-refractivity contribution in [2.75, 3.05) is 29.1 Å². The molecule has 1 amide bonds. The van der Waals surface area contributed by atoms with E-state index in [-0.39, 0.29) is 22.4 Å². The summed E-state index contributed by atoms with van der Waals surface area (Å²) in [5.74, 6) is 0.771. The van der Waals surface area contributed by atoms with Gasteiger partial charge in [0.2, 0.25) is 11.9 Å². The first-order chi connectivity index (χ1) is 13.5. The van der Waals surface area contributed by atoms with Gasteiger partial charge in [-0.15, -0.1) is 10.2 Å². The second-order valence-corrected chi connectivity index (χ2v) is 8.19. The van der Waals surface area contributed by atoms with Gasteiger partial charge in [-0.2, -0.15) is 0 Å². The smallest absolute Gasteiger partial charge is 0.289 e. The summed E-state index contributed by atoms with van der Waals surface area (Å²) in [6, 6.07) is 4.60. The van der Waals surface area contributed by atoms with E-state index in [1.165, 1.54) is 30.0 Å². The lowest BCUT2D eigenvalue weighted by Gasteiger charge is -2.17. The first kappa shape index (κ1) is 19.0. The molecule has 1 aromatic heterocycles. The summed E-state index contributed by atoms with van der Waals surface area (Å²) in [6.07, 6.45) is 4.53. The summed E-state index contributed by atoms with van der Waals surface area (Å²) >= 11 is 7.12. The highest BCUT2D eigenvalue weighted by molar-refractivity contribution is 7.99. The van der Waals surface area contributed by atoms with E-state index in [9.17, 15) is 14.9 Å². The Morgan fingerprint density at radius 2 is 2.07 bits per heavy atom. The van der Waals surface area contributed by atoms with Crippen LogP contribution in [0.25, 0.3) is 0 Å². The predicted molar refractivity (Wildman–Crippen MR) is 107 cm³/mol. The number of nitrogens with zero attached hydrogens (tertiary/aromatic N) is 5. The van der Waals surface area contributed by atoms with Crippen molar-refractivity contribution in [2.24, 2.45) is 0 Å². The van der Waals surface area contributed by atoms with Crippen molar-refractivity contribution in [2.45, 2.75) is 36.9 Å². The number of amides is 1. The molecule has 148 valence electrons. The van der Waals surface area contributed by atoms with Gasteiger partial charge in [0, 0.05) is 30.9 Å². The molecule has 0 bridgehead atoms. The van der Waals surface area contributed by atoms with E-state index in [2.05, 4.69) is 25.0 Å². The molecule has 1 aliphatic heterocycles. The van der Waals surface area contributed by atoms with Crippen LogP contribution < -0.4 is 10.2 Å². The van der Waals surface area contributed by atoms with Gasteiger partial charge in [-0.3, -0.25) is 19.5 Å². The number of nitro benzene ring substituents is 1. The highest BCUT2D eigenvalue weighted by Gasteiger charge is 2.32. The summed E-state index contributed by atoms with van der Waals surface area (Å²) in [4.78, 5) is 25.0. The molecule has 1 saturated carbocycles. The molecule has 1 saturated heterocycles. The number of anilines is 2. The van der Waals surface area contributed by atoms with Crippen LogP contribution in [0.15, 0.2) is 23.4 Å². The lowest BCUT2D eigenvalue weighted by Crippen LogP contribution is -2.22. The van der Waals surface area contributed by atoms with Crippen LogP contribution in [-0.4, -0.2) is 44.4 Å². The standard InChI is InChI=1S/C17H19ClN6O3S/c18-13-6-3-11(9-14(13)24(26)27)19-15(25)10-28-17-21-20-16(22-7-1-2-8-22)23(17)12-4-5-12/h3,6,9,12H,1-2,4-5,7-8,10H2,(H,19,25). The first-order valence-corrected chi connectivity index (χ1v) is 10.5. The maximum Gasteiger partial charge on any atom is 0.289 e. The normalized spacial score (nSPS) is 16.4. The molecule has 0 radical (unpaired) electrons. The van der Waals surface area contributed by atoms with E-state index < -0.39 is 4.92 Å².